The van der Waals surface area contributed by atoms with E-state index >= 15 is 0 Å². The van der Waals surface area contributed by atoms with Crippen molar-refractivity contribution >= 4 is 17.9 Å². The Morgan fingerprint density at radius 2 is 2.29 bits per heavy atom. The van der Waals surface area contributed by atoms with Crippen LogP contribution < -0.4 is 0 Å². The number of carboxylic acids is 1. The summed E-state index contributed by atoms with van der Waals surface area (Å²) in [6.45, 7) is 1.37. The van der Waals surface area contributed by atoms with Crippen LogP contribution in [0, 0.1) is 10.1 Å². The van der Waals surface area contributed by atoms with Crippen molar-refractivity contribution in [2.75, 3.05) is 0 Å². The lowest BCUT2D eigenvalue weighted by atomic mass is 10.2. The van der Waals surface area contributed by atoms with Crippen molar-refractivity contribution in [3.8, 4) is 0 Å². The molecule has 1 rings (SSSR count). The molecule has 1 aromatic rings. The van der Waals surface area contributed by atoms with Crippen molar-refractivity contribution in [1.29, 1.82) is 0 Å². The van der Waals surface area contributed by atoms with E-state index in [0.717, 1.165) is 0 Å². The van der Waals surface area contributed by atoms with Crippen LogP contribution in [0.25, 0.3) is 6.08 Å². The Morgan fingerprint density at radius 3 is 2.71 bits per heavy atom. The number of nitro groups is 1. The lowest BCUT2D eigenvalue weighted by molar-refractivity contribution is -0.402. The summed E-state index contributed by atoms with van der Waals surface area (Å²) in [6.07, 6.45) is 1.22. The Hall–Kier alpha value is -2.11. The normalized spacial score (nSPS) is 11.4. The van der Waals surface area contributed by atoms with Crippen LogP contribution in [0.15, 0.2) is 22.1 Å². The van der Waals surface area contributed by atoms with Crippen LogP contribution in [0.5, 0.6) is 0 Å². The number of carboxylic acid groups (broad SMARTS) is 1. The van der Waals surface area contributed by atoms with E-state index in [1.54, 1.807) is 0 Å². The van der Waals surface area contributed by atoms with Crippen LogP contribution >= 0.6 is 0 Å². The molecule has 14 heavy (non-hydrogen) atoms. The first-order valence-electron chi connectivity index (χ1n) is 3.66. The zero-order chi connectivity index (χ0) is 10.7. The molecule has 0 saturated carbocycles. The van der Waals surface area contributed by atoms with Gasteiger partial charge in [0, 0.05) is 5.57 Å². The Labute approximate surface area is 78.6 Å². The number of carbonyl (C=O) groups is 1. The van der Waals surface area contributed by atoms with Gasteiger partial charge in [0.05, 0.1) is 6.07 Å². The van der Waals surface area contributed by atoms with E-state index in [0.29, 0.717) is 0 Å². The number of aliphatic carboxylic acids is 1. The summed E-state index contributed by atoms with van der Waals surface area (Å²) >= 11 is 0. The molecule has 0 unspecified atom stereocenters. The maximum Gasteiger partial charge on any atom is 0.433 e. The predicted octanol–water partition coefficient (Wildman–Crippen LogP) is 1.68. The van der Waals surface area contributed by atoms with Crippen molar-refractivity contribution < 1.29 is 19.2 Å². The summed E-state index contributed by atoms with van der Waals surface area (Å²) in [4.78, 5) is 19.9. The van der Waals surface area contributed by atoms with Gasteiger partial charge < -0.3 is 9.52 Å². The Bertz CT molecular complexity index is 404. The van der Waals surface area contributed by atoms with Crippen LogP contribution in [0.3, 0.4) is 0 Å². The topological polar surface area (TPSA) is 93.6 Å². The second-order valence-electron chi connectivity index (χ2n) is 2.57. The highest BCUT2D eigenvalue weighted by molar-refractivity contribution is 5.90. The van der Waals surface area contributed by atoms with Crippen molar-refractivity contribution in [3.63, 3.8) is 0 Å². The number of hydrogen-bond acceptors (Lipinski definition) is 4. The van der Waals surface area contributed by atoms with Crippen LogP contribution in [0.2, 0.25) is 0 Å². The molecule has 1 aromatic heterocycles. The molecule has 1 N–H and O–H groups in total. The zero-order valence-electron chi connectivity index (χ0n) is 7.26. The van der Waals surface area contributed by atoms with Gasteiger partial charge in [0.15, 0.2) is 0 Å². The highest BCUT2D eigenvalue weighted by Gasteiger charge is 2.11. The first-order valence-corrected chi connectivity index (χ1v) is 3.66. The quantitative estimate of drug-likeness (QED) is 0.452. The van der Waals surface area contributed by atoms with Gasteiger partial charge in [0.2, 0.25) is 0 Å². The number of nitrogens with zero attached hydrogens (tertiary/aromatic N) is 1. The van der Waals surface area contributed by atoms with Crippen molar-refractivity contribution in [2.24, 2.45) is 0 Å². The second-order valence-corrected chi connectivity index (χ2v) is 2.57. The minimum absolute atomic E-state index is 0.0502. The molecule has 0 aliphatic carbocycles. The summed E-state index contributed by atoms with van der Waals surface area (Å²) in [7, 11) is 0. The molecule has 0 radical (unpaired) electrons. The highest BCUT2D eigenvalue weighted by atomic mass is 16.6. The van der Waals surface area contributed by atoms with Gasteiger partial charge in [0.25, 0.3) is 0 Å². The van der Waals surface area contributed by atoms with Crippen molar-refractivity contribution in [3.05, 3.63) is 33.6 Å². The van der Waals surface area contributed by atoms with Gasteiger partial charge in [-0.05, 0) is 19.1 Å². The number of furan rings is 1. The Kier molecular flexibility index (Phi) is 2.66. The Balaban J connectivity index is 2.93. The van der Waals surface area contributed by atoms with Crippen LogP contribution in [0.4, 0.5) is 5.88 Å². The van der Waals surface area contributed by atoms with Gasteiger partial charge in [-0.3, -0.25) is 10.1 Å². The SMILES string of the molecule is CC(=Cc1ccc([N+](=O)[O-])o1)C(=O)O. The van der Waals surface area contributed by atoms with Crippen molar-refractivity contribution in [2.45, 2.75) is 6.92 Å². The van der Waals surface area contributed by atoms with E-state index in [1.807, 2.05) is 0 Å². The largest absolute Gasteiger partial charge is 0.478 e. The molecule has 0 atom stereocenters. The highest BCUT2D eigenvalue weighted by Crippen LogP contribution is 2.17. The molecule has 6 heteroatoms. The first kappa shape index (κ1) is 9.97. The molecule has 0 aliphatic rings. The summed E-state index contributed by atoms with van der Waals surface area (Å²) in [6, 6.07) is 2.51. The van der Waals surface area contributed by atoms with Gasteiger partial charge in [-0.15, -0.1) is 0 Å². The third kappa shape index (κ3) is 2.19. The maximum absolute atomic E-state index is 10.4. The maximum atomic E-state index is 10.4. The lowest BCUT2D eigenvalue weighted by Crippen LogP contribution is -1.94. The molecule has 74 valence electrons. The summed E-state index contributed by atoms with van der Waals surface area (Å²) in [5.41, 5.74) is 0.0502. The fourth-order valence-electron chi connectivity index (χ4n) is 0.793. The smallest absolute Gasteiger partial charge is 0.433 e. The van der Waals surface area contributed by atoms with Gasteiger partial charge >= 0.3 is 11.9 Å². The molecule has 0 amide bonds. The van der Waals surface area contributed by atoms with Gasteiger partial charge in [0.1, 0.15) is 10.7 Å². The molecule has 6 nitrogen and oxygen atoms in total. The minimum atomic E-state index is -1.09. The Morgan fingerprint density at radius 1 is 1.64 bits per heavy atom. The van der Waals surface area contributed by atoms with E-state index in [-0.39, 0.29) is 11.3 Å². The van der Waals surface area contributed by atoms with Gasteiger partial charge in [-0.2, -0.15) is 0 Å². The van der Waals surface area contributed by atoms with E-state index in [1.165, 1.54) is 25.1 Å². The molecule has 0 spiro atoms. The fourth-order valence-corrected chi connectivity index (χ4v) is 0.793. The molecule has 1 heterocycles. The van der Waals surface area contributed by atoms with E-state index in [2.05, 4.69) is 0 Å². The van der Waals surface area contributed by atoms with Crippen LogP contribution in [-0.2, 0) is 4.79 Å². The third-order valence-corrected chi connectivity index (χ3v) is 1.49. The van der Waals surface area contributed by atoms with Crippen LogP contribution in [-0.4, -0.2) is 16.0 Å². The van der Waals surface area contributed by atoms with Crippen molar-refractivity contribution in [1.82, 2.24) is 0 Å². The van der Waals surface area contributed by atoms with Gasteiger partial charge in [-0.25, -0.2) is 4.79 Å². The first-order chi connectivity index (χ1) is 6.50. The number of rotatable bonds is 3. The fraction of sp³-hybridized carbons (Fsp3) is 0.125. The third-order valence-electron chi connectivity index (χ3n) is 1.49. The van der Waals surface area contributed by atoms with E-state index < -0.39 is 16.8 Å². The average Bonchev–Trinajstić information content (AvgIpc) is 2.52. The summed E-state index contributed by atoms with van der Waals surface area (Å²) in [5, 5.41) is 18.7. The minimum Gasteiger partial charge on any atom is -0.478 e. The number of hydrogen-bond donors (Lipinski definition) is 1. The lowest BCUT2D eigenvalue weighted by Gasteiger charge is -1.89. The molecule has 0 bridgehead atoms. The molecule has 0 saturated heterocycles. The predicted molar refractivity (Wildman–Crippen MR) is 46.6 cm³/mol. The molecule has 0 fully saturated rings. The summed E-state index contributed by atoms with van der Waals surface area (Å²) in [5.74, 6) is -1.35. The van der Waals surface area contributed by atoms with Crippen LogP contribution in [0.1, 0.15) is 12.7 Å². The van der Waals surface area contributed by atoms with E-state index in [4.69, 9.17) is 9.52 Å². The molecular weight excluding hydrogens is 190 g/mol. The standard InChI is InChI=1S/C8H7NO5/c1-5(8(10)11)4-6-2-3-7(14-6)9(12)13/h2-4H,1H3,(H,10,11). The molecular formula is C8H7NO5. The molecule has 0 aromatic carbocycles. The molecule has 0 aliphatic heterocycles. The average molecular weight is 197 g/mol. The summed E-state index contributed by atoms with van der Waals surface area (Å²) < 4.78 is 4.73. The van der Waals surface area contributed by atoms with Gasteiger partial charge in [-0.1, -0.05) is 0 Å². The second kappa shape index (κ2) is 3.73. The zero-order valence-corrected chi connectivity index (χ0v) is 7.26. The monoisotopic (exact) mass is 197 g/mol. The van der Waals surface area contributed by atoms with E-state index in [9.17, 15) is 14.9 Å².